The van der Waals surface area contributed by atoms with Gasteiger partial charge in [-0.05, 0) is 61.2 Å². The van der Waals surface area contributed by atoms with E-state index in [0.717, 1.165) is 52.3 Å². The monoisotopic (exact) mass is 475 g/mol. The molecule has 6 rings (SSSR count). The molecule has 3 atom stereocenters. The smallest absolute Gasteiger partial charge is 0.267 e. The number of hydrogen-bond acceptors (Lipinski definition) is 7. The molecule has 4 heterocycles. The summed E-state index contributed by atoms with van der Waals surface area (Å²) in [5, 5.41) is 14.1. The minimum atomic E-state index is -0.908. The number of carbonyl (C=O) groups is 2. The largest absolute Gasteiger partial charge is 0.273 e. The van der Waals surface area contributed by atoms with Crippen molar-refractivity contribution in [2.45, 2.75) is 44.8 Å². The van der Waals surface area contributed by atoms with E-state index < -0.39 is 18.1 Å². The van der Waals surface area contributed by atoms with E-state index in [-0.39, 0.29) is 11.8 Å². The second kappa shape index (κ2) is 7.80. The molecule has 0 bridgehead atoms. The number of para-hydroxylation sites is 1. The summed E-state index contributed by atoms with van der Waals surface area (Å²) in [5.74, 6) is -1.33. The van der Waals surface area contributed by atoms with Crippen LogP contribution >= 0.6 is 22.7 Å². The highest BCUT2D eigenvalue weighted by atomic mass is 32.1. The number of benzene rings is 1. The summed E-state index contributed by atoms with van der Waals surface area (Å²) in [5.41, 5.74) is 3.36. The Kier molecular flexibility index (Phi) is 4.87. The minimum Gasteiger partial charge on any atom is -0.273 e. The Morgan fingerprint density at radius 1 is 1.09 bits per heavy atom. The summed E-state index contributed by atoms with van der Waals surface area (Å²) in [6.45, 7) is 1.99. The second-order valence-corrected chi connectivity index (χ2v) is 10.7. The average molecular weight is 476 g/mol. The zero-order chi connectivity index (χ0) is 22.7. The lowest BCUT2D eigenvalue weighted by Gasteiger charge is -2.28. The molecule has 2 amide bonds. The van der Waals surface area contributed by atoms with E-state index >= 15 is 0 Å². The summed E-state index contributed by atoms with van der Waals surface area (Å²) in [6, 6.07) is 13.6. The Morgan fingerprint density at radius 3 is 2.67 bits per heavy atom. The molecule has 2 saturated heterocycles. The lowest BCUT2D eigenvalue weighted by molar-refractivity contribution is -0.126. The van der Waals surface area contributed by atoms with Gasteiger partial charge in [0.15, 0.2) is 6.10 Å². The summed E-state index contributed by atoms with van der Waals surface area (Å²) < 4.78 is 0. The van der Waals surface area contributed by atoms with Crippen LogP contribution in [0.15, 0.2) is 41.8 Å². The number of anilines is 2. The summed E-state index contributed by atoms with van der Waals surface area (Å²) in [4.78, 5) is 37.0. The topological polar surface area (TPSA) is 73.6 Å². The van der Waals surface area contributed by atoms with Crippen LogP contribution in [0.25, 0.3) is 0 Å². The molecular formula is C25H21N3O3S2. The van der Waals surface area contributed by atoms with Crippen molar-refractivity contribution in [3.05, 3.63) is 68.2 Å². The maximum absolute atomic E-state index is 13.8. The van der Waals surface area contributed by atoms with Crippen molar-refractivity contribution in [1.82, 2.24) is 0 Å². The first kappa shape index (κ1) is 20.6. The lowest BCUT2D eigenvalue weighted by Crippen LogP contribution is -2.37. The van der Waals surface area contributed by atoms with Crippen LogP contribution in [-0.4, -0.2) is 17.9 Å². The number of aryl methyl sites for hydroxylation is 2. The van der Waals surface area contributed by atoms with Crippen LogP contribution < -0.4 is 9.96 Å². The third-order valence-electron chi connectivity index (χ3n) is 6.77. The Morgan fingerprint density at radius 2 is 1.91 bits per heavy atom. The van der Waals surface area contributed by atoms with Gasteiger partial charge in [-0.3, -0.25) is 14.4 Å². The molecule has 1 aliphatic carbocycles. The number of hydrogen-bond donors (Lipinski definition) is 0. The summed E-state index contributed by atoms with van der Waals surface area (Å²) in [6.07, 6.45) is 2.91. The molecule has 0 saturated carbocycles. The van der Waals surface area contributed by atoms with Gasteiger partial charge in [0.1, 0.15) is 23.0 Å². The molecule has 3 aliphatic rings. The minimum absolute atomic E-state index is 0.283. The van der Waals surface area contributed by atoms with Gasteiger partial charge in [-0.25, -0.2) is 9.96 Å². The standard InChI is InChI=1S/C25H21N3O3S2/c1-14-7-2-4-9-17(14)28-21(19-11-6-12-32-19)20-22(31-28)24(30)27(23(20)29)25-16(13-26)15-8-3-5-10-18(15)33-25/h2,4,6-7,9,11-12,20-22H,3,5,8,10H2,1H3/t20-,21+,22-/m1/s1. The SMILES string of the molecule is Cc1ccccc1N1O[C@H]2C(=O)N(c3sc4c(c3C#N)CCCC4)C(=O)[C@@H]2[C@@H]1c1cccs1. The Labute approximate surface area is 199 Å². The third-order valence-corrected chi connectivity index (χ3v) is 8.99. The number of carbonyl (C=O) groups excluding carboxylic acids is 2. The highest BCUT2D eigenvalue weighted by Gasteiger charge is 2.61. The fourth-order valence-corrected chi connectivity index (χ4v) is 7.41. The maximum atomic E-state index is 13.8. The molecule has 8 heteroatoms. The predicted molar refractivity (Wildman–Crippen MR) is 127 cm³/mol. The van der Waals surface area contributed by atoms with E-state index in [2.05, 4.69) is 6.07 Å². The number of thiophene rings is 2. The van der Waals surface area contributed by atoms with Gasteiger partial charge >= 0.3 is 0 Å². The Hall–Kier alpha value is -2.99. The second-order valence-electron chi connectivity index (χ2n) is 8.64. The normalized spacial score (nSPS) is 24.2. The molecule has 2 fully saturated rings. The first-order chi connectivity index (χ1) is 16.1. The van der Waals surface area contributed by atoms with Gasteiger partial charge in [0, 0.05) is 9.75 Å². The van der Waals surface area contributed by atoms with Crippen LogP contribution in [0.3, 0.4) is 0 Å². The molecule has 0 radical (unpaired) electrons. The van der Waals surface area contributed by atoms with E-state index in [1.54, 1.807) is 16.4 Å². The van der Waals surface area contributed by atoms with Crippen molar-refractivity contribution in [3.63, 3.8) is 0 Å². The number of nitrogens with zero attached hydrogens (tertiary/aromatic N) is 3. The molecular weight excluding hydrogens is 454 g/mol. The summed E-state index contributed by atoms with van der Waals surface area (Å²) >= 11 is 2.97. The molecule has 0 unspecified atom stereocenters. The van der Waals surface area contributed by atoms with Gasteiger partial charge in [0.05, 0.1) is 11.3 Å². The summed E-state index contributed by atoms with van der Waals surface area (Å²) in [7, 11) is 0. The van der Waals surface area contributed by atoms with E-state index in [4.69, 9.17) is 4.84 Å². The zero-order valence-corrected chi connectivity index (χ0v) is 19.6. The van der Waals surface area contributed by atoms with Crippen molar-refractivity contribution < 1.29 is 14.4 Å². The number of rotatable bonds is 3. The quantitative estimate of drug-likeness (QED) is 0.503. The molecule has 2 aliphatic heterocycles. The lowest BCUT2D eigenvalue weighted by atomic mass is 9.95. The van der Waals surface area contributed by atoms with Gasteiger partial charge in [-0.2, -0.15) is 5.26 Å². The van der Waals surface area contributed by atoms with Gasteiger partial charge in [0.25, 0.3) is 5.91 Å². The maximum Gasteiger partial charge on any atom is 0.267 e. The highest BCUT2D eigenvalue weighted by Crippen LogP contribution is 2.51. The molecule has 3 aromatic rings. The van der Waals surface area contributed by atoms with Crippen molar-refractivity contribution in [3.8, 4) is 6.07 Å². The molecule has 1 aromatic carbocycles. The van der Waals surface area contributed by atoms with Crippen LogP contribution in [0, 0.1) is 24.2 Å². The van der Waals surface area contributed by atoms with Crippen molar-refractivity contribution in [2.24, 2.45) is 5.92 Å². The predicted octanol–water partition coefficient (Wildman–Crippen LogP) is 4.92. The van der Waals surface area contributed by atoms with Gasteiger partial charge in [0.2, 0.25) is 5.91 Å². The van der Waals surface area contributed by atoms with Crippen LogP contribution in [0.2, 0.25) is 0 Å². The van der Waals surface area contributed by atoms with Crippen LogP contribution in [0.4, 0.5) is 10.7 Å². The van der Waals surface area contributed by atoms with Crippen molar-refractivity contribution in [1.29, 1.82) is 5.26 Å². The number of fused-ring (bicyclic) bond motifs is 2. The van der Waals surface area contributed by atoms with Crippen LogP contribution in [-0.2, 0) is 27.3 Å². The van der Waals surface area contributed by atoms with Crippen LogP contribution in [0.5, 0.6) is 0 Å². The average Bonchev–Trinajstić information content (AvgIpc) is 3.58. The van der Waals surface area contributed by atoms with Gasteiger partial charge in [-0.15, -0.1) is 22.7 Å². The molecule has 166 valence electrons. The molecule has 6 nitrogen and oxygen atoms in total. The van der Waals surface area contributed by atoms with E-state index in [1.165, 1.54) is 16.2 Å². The number of hydroxylamine groups is 1. The Balaban J connectivity index is 1.44. The Bertz CT molecular complexity index is 1310. The van der Waals surface area contributed by atoms with Crippen molar-refractivity contribution >= 4 is 45.2 Å². The molecule has 33 heavy (non-hydrogen) atoms. The first-order valence-corrected chi connectivity index (χ1v) is 12.8. The number of imide groups is 1. The highest BCUT2D eigenvalue weighted by molar-refractivity contribution is 7.17. The van der Waals surface area contributed by atoms with Gasteiger partial charge in [-0.1, -0.05) is 24.3 Å². The van der Waals surface area contributed by atoms with Gasteiger partial charge < -0.3 is 0 Å². The van der Waals surface area contributed by atoms with Crippen LogP contribution in [0.1, 0.15) is 45.3 Å². The molecule has 0 spiro atoms. The fraction of sp³-hybridized carbons (Fsp3) is 0.320. The number of amides is 2. The first-order valence-electron chi connectivity index (χ1n) is 11.1. The molecule has 0 N–H and O–H groups in total. The van der Waals surface area contributed by atoms with E-state index in [9.17, 15) is 14.9 Å². The van der Waals surface area contributed by atoms with E-state index in [0.29, 0.717) is 10.6 Å². The third kappa shape index (κ3) is 3.00. The zero-order valence-electron chi connectivity index (χ0n) is 18.0. The van der Waals surface area contributed by atoms with E-state index in [1.807, 2.05) is 48.7 Å². The fourth-order valence-electron chi connectivity index (χ4n) is 5.21. The van der Waals surface area contributed by atoms with Crippen molar-refractivity contribution in [2.75, 3.05) is 9.96 Å². The number of nitriles is 1. The molecule has 2 aromatic heterocycles.